The lowest BCUT2D eigenvalue weighted by Crippen LogP contribution is -2.15. The molecule has 0 N–H and O–H groups in total. The molecule has 0 amide bonds. The minimum Gasteiger partial charge on any atom is -0.453 e. The maximum Gasteiger partial charge on any atom is 0.160 e. The zero-order valence-electron chi connectivity index (χ0n) is 22.7. The molecule has 0 unspecified atom stereocenters. The molecule has 0 fully saturated rings. The van der Waals surface area contributed by atoms with Crippen LogP contribution in [0.25, 0.3) is 44.7 Å². The number of ether oxygens (including phenoxy) is 1. The number of anilines is 3. The number of hydrogen-bond donors (Lipinski definition) is 0. The molecule has 0 aliphatic carbocycles. The van der Waals surface area contributed by atoms with E-state index >= 15 is 0 Å². The van der Waals surface area contributed by atoms with E-state index in [-0.39, 0.29) is 0 Å². The molecule has 6 aromatic carbocycles. The van der Waals surface area contributed by atoms with Crippen LogP contribution < -0.4 is 9.64 Å². The summed E-state index contributed by atoms with van der Waals surface area (Å²) in [5.41, 5.74) is 9.21. The Balaban J connectivity index is 1.25. The van der Waals surface area contributed by atoms with Gasteiger partial charge in [-0.1, -0.05) is 91.0 Å². The van der Waals surface area contributed by atoms with E-state index in [0.717, 1.165) is 67.4 Å². The molecule has 7 aromatic rings. The number of aromatic nitrogens is 2. The molecular formula is C38H25N3O. The minimum absolute atomic E-state index is 0.695. The molecule has 0 saturated carbocycles. The average molecular weight is 540 g/mol. The van der Waals surface area contributed by atoms with E-state index in [9.17, 15) is 0 Å². The van der Waals surface area contributed by atoms with Gasteiger partial charge in [-0.2, -0.15) is 0 Å². The highest BCUT2D eigenvalue weighted by molar-refractivity contribution is 5.96. The van der Waals surface area contributed by atoms with Crippen molar-refractivity contribution in [3.63, 3.8) is 0 Å². The van der Waals surface area contributed by atoms with Crippen LogP contribution in [0.1, 0.15) is 0 Å². The van der Waals surface area contributed by atoms with E-state index in [1.807, 2.05) is 60.7 Å². The van der Waals surface area contributed by atoms with E-state index in [1.54, 1.807) is 0 Å². The monoisotopic (exact) mass is 539 g/mol. The molecule has 42 heavy (non-hydrogen) atoms. The standard InChI is InChI=1S/C38H25N3O/c1-3-11-26(12-4-1)29-21-24-31-32(25-29)39-38(40-37(31)27-13-5-2-6-14-27)28-19-22-30(23-20-28)41-33-15-7-9-17-35(33)42-36-18-10-8-16-34(36)41/h1-25H. The summed E-state index contributed by atoms with van der Waals surface area (Å²) in [6, 6.07) is 51.9. The Morgan fingerprint density at radius 2 is 1.02 bits per heavy atom. The van der Waals surface area contributed by atoms with E-state index < -0.39 is 0 Å². The van der Waals surface area contributed by atoms with Gasteiger partial charge in [-0.05, 0) is 71.8 Å². The molecule has 1 aromatic heterocycles. The molecule has 0 atom stereocenters. The fourth-order valence-electron chi connectivity index (χ4n) is 5.63. The molecule has 2 heterocycles. The van der Waals surface area contributed by atoms with E-state index in [0.29, 0.717) is 5.82 Å². The largest absolute Gasteiger partial charge is 0.453 e. The number of benzene rings is 6. The lowest BCUT2D eigenvalue weighted by molar-refractivity contribution is 0.477. The lowest BCUT2D eigenvalue weighted by Gasteiger charge is -2.32. The second kappa shape index (κ2) is 10.0. The lowest BCUT2D eigenvalue weighted by atomic mass is 10.0. The topological polar surface area (TPSA) is 38.2 Å². The normalized spacial score (nSPS) is 12.0. The number of hydrogen-bond acceptors (Lipinski definition) is 4. The van der Waals surface area contributed by atoms with Crippen LogP contribution in [0, 0.1) is 0 Å². The Morgan fingerprint density at radius 3 is 1.69 bits per heavy atom. The maximum absolute atomic E-state index is 6.20. The van der Waals surface area contributed by atoms with Crippen LogP contribution in [0.15, 0.2) is 152 Å². The molecule has 4 nitrogen and oxygen atoms in total. The molecule has 0 saturated heterocycles. The minimum atomic E-state index is 0.695. The molecule has 0 bridgehead atoms. The smallest absolute Gasteiger partial charge is 0.160 e. The van der Waals surface area contributed by atoms with Crippen molar-refractivity contribution in [2.75, 3.05) is 4.90 Å². The third kappa shape index (κ3) is 4.18. The molecule has 4 heteroatoms. The highest BCUT2D eigenvalue weighted by Gasteiger charge is 2.25. The van der Waals surface area contributed by atoms with Gasteiger partial charge in [0.1, 0.15) is 0 Å². The third-order valence-corrected chi connectivity index (χ3v) is 7.67. The van der Waals surface area contributed by atoms with Gasteiger partial charge in [-0.3, -0.25) is 0 Å². The van der Waals surface area contributed by atoms with Crippen molar-refractivity contribution in [1.82, 2.24) is 9.97 Å². The van der Waals surface area contributed by atoms with Gasteiger partial charge in [-0.15, -0.1) is 0 Å². The van der Waals surface area contributed by atoms with Crippen LogP contribution in [0.5, 0.6) is 11.5 Å². The Kier molecular flexibility index (Phi) is 5.75. The van der Waals surface area contributed by atoms with Crippen molar-refractivity contribution in [3.8, 4) is 45.3 Å². The Bertz CT molecular complexity index is 2010. The fourth-order valence-corrected chi connectivity index (χ4v) is 5.63. The summed E-state index contributed by atoms with van der Waals surface area (Å²) in [7, 11) is 0. The molecule has 1 aliphatic rings. The molecule has 8 rings (SSSR count). The summed E-state index contributed by atoms with van der Waals surface area (Å²) in [5.74, 6) is 2.36. The zero-order chi connectivity index (χ0) is 27.9. The zero-order valence-corrected chi connectivity index (χ0v) is 22.7. The van der Waals surface area contributed by atoms with Gasteiger partial charge in [0.05, 0.1) is 22.6 Å². The van der Waals surface area contributed by atoms with Crippen LogP contribution in [0.4, 0.5) is 17.1 Å². The van der Waals surface area contributed by atoms with Gasteiger partial charge in [0.15, 0.2) is 17.3 Å². The van der Waals surface area contributed by atoms with Crippen molar-refractivity contribution < 1.29 is 4.74 Å². The predicted molar refractivity (Wildman–Crippen MR) is 171 cm³/mol. The van der Waals surface area contributed by atoms with E-state index in [4.69, 9.17) is 14.7 Å². The second-order valence-electron chi connectivity index (χ2n) is 10.3. The number of nitrogens with zero attached hydrogens (tertiary/aromatic N) is 3. The second-order valence-corrected chi connectivity index (χ2v) is 10.3. The molecule has 0 spiro atoms. The first-order valence-electron chi connectivity index (χ1n) is 14.0. The summed E-state index contributed by atoms with van der Waals surface area (Å²) in [6.07, 6.45) is 0. The van der Waals surface area contributed by atoms with Crippen LogP contribution in [0.3, 0.4) is 0 Å². The van der Waals surface area contributed by atoms with Crippen molar-refractivity contribution >= 4 is 28.0 Å². The first-order chi connectivity index (χ1) is 20.8. The van der Waals surface area contributed by atoms with Crippen molar-refractivity contribution in [3.05, 3.63) is 152 Å². The Labute approximate surface area is 244 Å². The summed E-state index contributed by atoms with van der Waals surface area (Å²) < 4.78 is 6.20. The molecule has 1 aliphatic heterocycles. The first-order valence-corrected chi connectivity index (χ1v) is 14.0. The molecule has 198 valence electrons. The SMILES string of the molecule is c1ccc(-c2ccc3c(-c4ccccc4)nc(-c4ccc(N5c6ccccc6Oc6ccccc65)cc4)nc3c2)cc1. The van der Waals surface area contributed by atoms with E-state index in [1.165, 1.54) is 0 Å². The number of fused-ring (bicyclic) bond motifs is 3. The summed E-state index contributed by atoms with van der Waals surface area (Å²) in [5, 5.41) is 1.03. The Morgan fingerprint density at radius 1 is 0.452 bits per heavy atom. The van der Waals surface area contributed by atoms with Gasteiger partial charge in [-0.25, -0.2) is 9.97 Å². The molecular weight excluding hydrogens is 514 g/mol. The van der Waals surface area contributed by atoms with Crippen molar-refractivity contribution in [1.29, 1.82) is 0 Å². The van der Waals surface area contributed by atoms with Crippen LogP contribution >= 0.6 is 0 Å². The van der Waals surface area contributed by atoms with Gasteiger partial charge in [0.2, 0.25) is 0 Å². The summed E-state index contributed by atoms with van der Waals surface area (Å²) >= 11 is 0. The highest BCUT2D eigenvalue weighted by Crippen LogP contribution is 2.50. The molecule has 0 radical (unpaired) electrons. The van der Waals surface area contributed by atoms with Gasteiger partial charge >= 0.3 is 0 Å². The van der Waals surface area contributed by atoms with Crippen molar-refractivity contribution in [2.45, 2.75) is 0 Å². The van der Waals surface area contributed by atoms with Gasteiger partial charge < -0.3 is 9.64 Å². The summed E-state index contributed by atoms with van der Waals surface area (Å²) in [4.78, 5) is 12.4. The third-order valence-electron chi connectivity index (χ3n) is 7.67. The Hall–Kier alpha value is -5.74. The maximum atomic E-state index is 6.20. The van der Waals surface area contributed by atoms with Crippen LogP contribution in [0.2, 0.25) is 0 Å². The number of rotatable bonds is 4. The van der Waals surface area contributed by atoms with Crippen molar-refractivity contribution in [2.24, 2.45) is 0 Å². The van der Waals surface area contributed by atoms with E-state index in [2.05, 4.69) is 95.9 Å². The number of para-hydroxylation sites is 4. The van der Waals surface area contributed by atoms with Crippen LogP contribution in [-0.4, -0.2) is 9.97 Å². The average Bonchev–Trinajstić information content (AvgIpc) is 3.07. The van der Waals surface area contributed by atoms with Crippen LogP contribution in [-0.2, 0) is 0 Å². The highest BCUT2D eigenvalue weighted by atomic mass is 16.5. The van der Waals surface area contributed by atoms with Gasteiger partial charge in [0, 0.05) is 22.2 Å². The quantitative estimate of drug-likeness (QED) is 0.223. The summed E-state index contributed by atoms with van der Waals surface area (Å²) in [6.45, 7) is 0. The predicted octanol–water partition coefficient (Wildman–Crippen LogP) is 10.2. The van der Waals surface area contributed by atoms with Gasteiger partial charge in [0.25, 0.3) is 0 Å². The first kappa shape index (κ1) is 24.1. The fraction of sp³-hybridized carbons (Fsp3) is 0.